The summed E-state index contributed by atoms with van der Waals surface area (Å²) >= 11 is 6.11. The van der Waals surface area contributed by atoms with E-state index in [0.29, 0.717) is 23.8 Å². The predicted octanol–water partition coefficient (Wildman–Crippen LogP) is 0.213. The third-order valence-electron chi connectivity index (χ3n) is 2.98. The quantitative estimate of drug-likeness (QED) is 0.819. The fourth-order valence-corrected chi connectivity index (χ4v) is 2.52. The SMILES string of the molecule is CN(C)CC1CC(O)CN1c1nc(N)ncc1Cl. The van der Waals surface area contributed by atoms with E-state index in [-0.39, 0.29) is 18.1 Å². The molecular weight excluding hydrogens is 254 g/mol. The lowest BCUT2D eigenvalue weighted by Crippen LogP contribution is -2.38. The molecule has 0 radical (unpaired) electrons. The van der Waals surface area contributed by atoms with E-state index in [1.165, 1.54) is 6.20 Å². The van der Waals surface area contributed by atoms with Crippen LogP contribution in [0.25, 0.3) is 0 Å². The maximum atomic E-state index is 9.83. The summed E-state index contributed by atoms with van der Waals surface area (Å²) in [5, 5.41) is 10.3. The van der Waals surface area contributed by atoms with Crippen LogP contribution >= 0.6 is 11.6 Å². The van der Waals surface area contributed by atoms with Gasteiger partial charge in [-0.1, -0.05) is 11.6 Å². The molecule has 0 aliphatic carbocycles. The van der Waals surface area contributed by atoms with Crippen LogP contribution in [0, 0.1) is 0 Å². The molecule has 6 nitrogen and oxygen atoms in total. The number of aliphatic hydroxyl groups is 1. The topological polar surface area (TPSA) is 78.5 Å². The molecule has 0 saturated carbocycles. The van der Waals surface area contributed by atoms with Gasteiger partial charge in [0.2, 0.25) is 5.95 Å². The number of nitrogens with two attached hydrogens (primary N) is 1. The Morgan fingerprint density at radius 3 is 3.00 bits per heavy atom. The second kappa shape index (κ2) is 5.26. The smallest absolute Gasteiger partial charge is 0.222 e. The third kappa shape index (κ3) is 2.82. The minimum atomic E-state index is -0.359. The molecule has 0 aromatic carbocycles. The summed E-state index contributed by atoms with van der Waals surface area (Å²) in [7, 11) is 4.00. The van der Waals surface area contributed by atoms with E-state index >= 15 is 0 Å². The van der Waals surface area contributed by atoms with Crippen molar-refractivity contribution in [2.24, 2.45) is 0 Å². The number of likely N-dealkylation sites (N-methyl/N-ethyl adjacent to an activating group) is 1. The van der Waals surface area contributed by atoms with Crippen LogP contribution < -0.4 is 10.6 Å². The van der Waals surface area contributed by atoms with Crippen LogP contribution in [0.2, 0.25) is 5.02 Å². The molecule has 1 aliphatic rings. The van der Waals surface area contributed by atoms with Gasteiger partial charge in [-0.3, -0.25) is 0 Å². The lowest BCUT2D eigenvalue weighted by atomic mass is 10.2. The zero-order valence-corrected chi connectivity index (χ0v) is 11.3. The fraction of sp³-hybridized carbons (Fsp3) is 0.636. The van der Waals surface area contributed by atoms with Gasteiger partial charge in [-0.15, -0.1) is 0 Å². The molecule has 1 saturated heterocycles. The van der Waals surface area contributed by atoms with Crippen molar-refractivity contribution >= 4 is 23.4 Å². The Morgan fingerprint density at radius 2 is 2.33 bits per heavy atom. The van der Waals surface area contributed by atoms with Gasteiger partial charge in [-0.25, -0.2) is 4.98 Å². The van der Waals surface area contributed by atoms with Crippen molar-refractivity contribution in [2.75, 3.05) is 37.8 Å². The van der Waals surface area contributed by atoms with Crippen LogP contribution in [-0.2, 0) is 0 Å². The monoisotopic (exact) mass is 271 g/mol. The first-order valence-electron chi connectivity index (χ1n) is 5.85. The normalized spacial score (nSPS) is 23.9. The number of anilines is 2. The Bertz CT molecular complexity index is 428. The van der Waals surface area contributed by atoms with E-state index < -0.39 is 0 Å². The van der Waals surface area contributed by atoms with E-state index in [2.05, 4.69) is 14.9 Å². The molecule has 7 heteroatoms. The first-order valence-corrected chi connectivity index (χ1v) is 6.22. The molecule has 1 aromatic heterocycles. The first kappa shape index (κ1) is 13.3. The Labute approximate surface area is 111 Å². The van der Waals surface area contributed by atoms with E-state index in [4.69, 9.17) is 17.3 Å². The number of hydrogen-bond acceptors (Lipinski definition) is 6. The lowest BCUT2D eigenvalue weighted by Gasteiger charge is -2.28. The van der Waals surface area contributed by atoms with Crippen LogP contribution in [-0.4, -0.2) is 59.3 Å². The number of β-amino-alcohol motifs (C(OH)–C–C–N with tert-alkyl or cyclic N) is 1. The molecule has 2 heterocycles. The number of halogens is 1. The summed E-state index contributed by atoms with van der Waals surface area (Å²) < 4.78 is 0. The molecular formula is C11H18ClN5O. The van der Waals surface area contributed by atoms with Gasteiger partial charge in [0, 0.05) is 19.1 Å². The molecule has 1 aromatic rings. The average Bonchev–Trinajstić information content (AvgIpc) is 2.62. The van der Waals surface area contributed by atoms with Crippen molar-refractivity contribution in [3.05, 3.63) is 11.2 Å². The average molecular weight is 272 g/mol. The van der Waals surface area contributed by atoms with Crippen LogP contribution in [0.1, 0.15) is 6.42 Å². The highest BCUT2D eigenvalue weighted by Gasteiger charge is 2.33. The second-order valence-electron chi connectivity index (χ2n) is 4.86. The maximum Gasteiger partial charge on any atom is 0.222 e. The van der Waals surface area contributed by atoms with Crippen LogP contribution in [0.3, 0.4) is 0 Å². The Kier molecular flexibility index (Phi) is 3.89. The molecule has 0 bridgehead atoms. The highest BCUT2D eigenvalue weighted by atomic mass is 35.5. The van der Waals surface area contributed by atoms with Crippen molar-refractivity contribution in [2.45, 2.75) is 18.6 Å². The van der Waals surface area contributed by atoms with E-state index in [9.17, 15) is 5.11 Å². The van der Waals surface area contributed by atoms with Crippen molar-refractivity contribution < 1.29 is 5.11 Å². The zero-order chi connectivity index (χ0) is 13.3. The van der Waals surface area contributed by atoms with Crippen molar-refractivity contribution in [3.8, 4) is 0 Å². The van der Waals surface area contributed by atoms with Crippen LogP contribution in [0.5, 0.6) is 0 Å². The number of aromatic nitrogens is 2. The summed E-state index contributed by atoms with van der Waals surface area (Å²) in [6.45, 7) is 1.35. The molecule has 2 rings (SSSR count). The Balaban J connectivity index is 2.26. The maximum absolute atomic E-state index is 9.83. The number of nitrogens with zero attached hydrogens (tertiary/aromatic N) is 4. The van der Waals surface area contributed by atoms with Crippen LogP contribution in [0.15, 0.2) is 6.20 Å². The predicted molar refractivity (Wildman–Crippen MR) is 71.8 cm³/mol. The van der Waals surface area contributed by atoms with Crippen LogP contribution in [0.4, 0.5) is 11.8 Å². The molecule has 2 atom stereocenters. The van der Waals surface area contributed by atoms with Gasteiger partial charge >= 0.3 is 0 Å². The molecule has 2 unspecified atom stereocenters. The summed E-state index contributed by atoms with van der Waals surface area (Å²) in [4.78, 5) is 12.1. The highest BCUT2D eigenvalue weighted by molar-refractivity contribution is 6.32. The lowest BCUT2D eigenvalue weighted by molar-refractivity contribution is 0.191. The van der Waals surface area contributed by atoms with Gasteiger partial charge in [0.05, 0.1) is 12.3 Å². The minimum Gasteiger partial charge on any atom is -0.391 e. The highest BCUT2D eigenvalue weighted by Crippen LogP contribution is 2.30. The molecule has 18 heavy (non-hydrogen) atoms. The molecule has 1 fully saturated rings. The van der Waals surface area contributed by atoms with Gasteiger partial charge < -0.3 is 20.6 Å². The van der Waals surface area contributed by atoms with Gasteiger partial charge in [-0.05, 0) is 20.5 Å². The molecule has 0 amide bonds. The molecule has 0 spiro atoms. The van der Waals surface area contributed by atoms with Crippen molar-refractivity contribution in [1.29, 1.82) is 0 Å². The van der Waals surface area contributed by atoms with E-state index in [0.717, 1.165) is 6.54 Å². The summed E-state index contributed by atoms with van der Waals surface area (Å²) in [6.07, 6.45) is 1.84. The third-order valence-corrected chi connectivity index (χ3v) is 3.25. The number of nitrogen functional groups attached to an aromatic ring is 1. The first-order chi connectivity index (χ1) is 8.47. The fourth-order valence-electron chi connectivity index (χ4n) is 2.32. The van der Waals surface area contributed by atoms with Crippen molar-refractivity contribution in [1.82, 2.24) is 14.9 Å². The van der Waals surface area contributed by atoms with Crippen molar-refractivity contribution in [3.63, 3.8) is 0 Å². The minimum absolute atomic E-state index is 0.182. The summed E-state index contributed by atoms with van der Waals surface area (Å²) in [5.74, 6) is 0.798. The van der Waals surface area contributed by atoms with Gasteiger partial charge in [0.25, 0.3) is 0 Å². The van der Waals surface area contributed by atoms with E-state index in [1.807, 2.05) is 19.0 Å². The van der Waals surface area contributed by atoms with Gasteiger partial charge in [0.15, 0.2) is 5.82 Å². The van der Waals surface area contributed by atoms with Gasteiger partial charge in [-0.2, -0.15) is 4.98 Å². The molecule has 100 valence electrons. The largest absolute Gasteiger partial charge is 0.391 e. The standard InChI is InChI=1S/C11H18ClN5O/c1-16(2)5-7-3-8(18)6-17(7)10-9(12)4-14-11(13)15-10/h4,7-8,18H,3,5-6H2,1-2H3,(H2,13,14,15). The number of rotatable bonds is 3. The van der Waals surface area contributed by atoms with E-state index in [1.54, 1.807) is 0 Å². The number of aliphatic hydroxyl groups excluding tert-OH is 1. The zero-order valence-electron chi connectivity index (χ0n) is 10.5. The Hall–Kier alpha value is -1.11. The second-order valence-corrected chi connectivity index (χ2v) is 5.26. The van der Waals surface area contributed by atoms with Gasteiger partial charge in [0.1, 0.15) is 5.02 Å². The molecule has 3 N–H and O–H groups in total. The molecule has 1 aliphatic heterocycles. The number of hydrogen-bond donors (Lipinski definition) is 2. The Morgan fingerprint density at radius 1 is 1.61 bits per heavy atom. The summed E-state index contributed by atoms with van der Waals surface area (Å²) in [5.41, 5.74) is 5.60. The summed E-state index contributed by atoms with van der Waals surface area (Å²) in [6, 6.07) is 0.182.